The van der Waals surface area contributed by atoms with Crippen molar-refractivity contribution >= 4 is 11.9 Å². The molecule has 3 N–H and O–H groups in total. The largest absolute Gasteiger partial charge is 0.508 e. The topological polar surface area (TPSA) is 83.0 Å². The van der Waals surface area contributed by atoms with Gasteiger partial charge < -0.3 is 15.7 Å². The normalized spacial score (nSPS) is 8.77. The molecule has 22 heavy (non-hydrogen) atoms. The molecule has 0 aliphatic heterocycles. The Morgan fingerprint density at radius 3 is 1.64 bits per heavy atom. The first-order chi connectivity index (χ1) is 10.7. The van der Waals surface area contributed by atoms with Crippen LogP contribution in [0.2, 0.25) is 0 Å². The summed E-state index contributed by atoms with van der Waals surface area (Å²) in [6, 6.07) is 8.71. The van der Waals surface area contributed by atoms with Crippen LogP contribution < -0.4 is 10.6 Å². The third-order valence-corrected chi connectivity index (χ3v) is 2.17. The van der Waals surface area contributed by atoms with Crippen molar-refractivity contribution in [3.63, 3.8) is 0 Å². The van der Waals surface area contributed by atoms with Crippen LogP contribution in [0.3, 0.4) is 0 Å². The third kappa shape index (κ3) is 8.73. The van der Waals surface area contributed by atoms with E-state index in [2.05, 4.69) is 25.6 Å². The maximum absolute atomic E-state index is 8.63. The fraction of sp³-hybridized carbons (Fsp3) is 0.438. The van der Waals surface area contributed by atoms with Gasteiger partial charge >= 0.3 is 0 Å². The van der Waals surface area contributed by atoms with Crippen LogP contribution >= 0.6 is 0 Å². The second-order valence-electron chi connectivity index (χ2n) is 3.93. The average molecular weight is 305 g/mol. The average Bonchev–Trinajstić information content (AvgIpc) is 2.51. The monoisotopic (exact) mass is 305 g/mol. The lowest BCUT2D eigenvalue weighted by Crippen LogP contribution is -2.09. The van der Waals surface area contributed by atoms with E-state index in [-0.39, 0.29) is 0 Å². The van der Waals surface area contributed by atoms with Crippen LogP contribution in [0.5, 0.6) is 5.75 Å². The lowest BCUT2D eigenvalue weighted by molar-refractivity contribution is 0.475. The molecule has 122 valence electrons. The van der Waals surface area contributed by atoms with Crippen LogP contribution in [-0.4, -0.2) is 33.1 Å². The lowest BCUT2D eigenvalue weighted by Gasteiger charge is -2.05. The Hall–Kier alpha value is -2.37. The number of aromatic nitrogens is 3. The van der Waals surface area contributed by atoms with Crippen LogP contribution in [0.1, 0.15) is 33.5 Å². The number of anilines is 2. The van der Waals surface area contributed by atoms with Crippen molar-refractivity contribution in [2.75, 3.05) is 23.7 Å². The first-order valence-corrected chi connectivity index (χ1v) is 7.60. The molecule has 0 atom stereocenters. The fourth-order valence-corrected chi connectivity index (χ4v) is 1.38. The molecule has 0 aliphatic carbocycles. The van der Waals surface area contributed by atoms with E-state index in [1.54, 1.807) is 24.3 Å². The number of rotatable bonds is 4. The summed E-state index contributed by atoms with van der Waals surface area (Å²) in [5, 5.41) is 14.7. The van der Waals surface area contributed by atoms with Crippen molar-refractivity contribution in [3.8, 4) is 5.75 Å². The number of hydrogen-bond donors (Lipinski definition) is 3. The van der Waals surface area contributed by atoms with Crippen molar-refractivity contribution in [2.24, 2.45) is 0 Å². The summed E-state index contributed by atoms with van der Waals surface area (Å²) in [7, 11) is 0. The van der Waals surface area contributed by atoms with Gasteiger partial charge in [-0.15, -0.1) is 0 Å². The number of phenols is 1. The number of hydrogen-bond acceptors (Lipinski definition) is 6. The second-order valence-corrected chi connectivity index (χ2v) is 3.93. The number of aromatic hydroxyl groups is 1. The van der Waals surface area contributed by atoms with Crippen LogP contribution in [0.15, 0.2) is 30.3 Å². The molecule has 1 aromatic carbocycles. The number of phenolic OH excluding ortho intramolecular Hbond substituents is 1. The Balaban J connectivity index is 0.000000412. The molecule has 2 aromatic rings. The first-order valence-electron chi connectivity index (χ1n) is 7.60. The van der Waals surface area contributed by atoms with Crippen molar-refractivity contribution < 1.29 is 5.11 Å². The summed E-state index contributed by atoms with van der Waals surface area (Å²) in [4.78, 5) is 12.4. The molecule has 6 heteroatoms. The molecule has 0 bridgehead atoms. The SMILES string of the molecule is CC.CCNc1nc(C)nc(NCC)n1.Oc1ccccc1. The maximum atomic E-state index is 8.63. The Bertz CT molecular complexity index is 481. The van der Waals surface area contributed by atoms with Crippen molar-refractivity contribution in [2.45, 2.75) is 34.6 Å². The number of nitrogens with zero attached hydrogens (tertiary/aromatic N) is 3. The van der Waals surface area contributed by atoms with Crippen molar-refractivity contribution in [1.29, 1.82) is 0 Å². The quantitative estimate of drug-likeness (QED) is 0.802. The minimum atomic E-state index is 0.322. The standard InChI is InChI=1S/C8H15N5.C6H6O.C2H6/c1-4-9-7-11-6(3)12-8(13-7)10-5-2;7-6-4-2-1-3-5-6;1-2/h4-5H2,1-3H3,(H2,9,10,11,12,13);1-5,7H;1-2H3. The van der Waals surface area contributed by atoms with E-state index in [9.17, 15) is 0 Å². The Labute approximate surface area is 133 Å². The molecule has 0 aliphatic rings. The van der Waals surface area contributed by atoms with Gasteiger partial charge in [-0.3, -0.25) is 0 Å². The minimum absolute atomic E-state index is 0.322. The zero-order chi connectivity index (χ0) is 16.8. The highest BCUT2D eigenvalue weighted by atomic mass is 16.3. The van der Waals surface area contributed by atoms with E-state index in [1.165, 1.54) is 0 Å². The molecule has 1 aromatic heterocycles. The van der Waals surface area contributed by atoms with Crippen LogP contribution in [0.25, 0.3) is 0 Å². The summed E-state index contributed by atoms with van der Waals surface area (Å²) >= 11 is 0. The number of benzene rings is 1. The predicted octanol–water partition coefficient (Wildman–Crippen LogP) is 3.46. The number of aryl methyl sites for hydroxylation is 1. The van der Waals surface area contributed by atoms with Gasteiger partial charge in [0.15, 0.2) is 0 Å². The predicted molar refractivity (Wildman–Crippen MR) is 92.3 cm³/mol. The second kappa shape index (κ2) is 12.4. The molecule has 1 heterocycles. The van der Waals surface area contributed by atoms with E-state index < -0.39 is 0 Å². The molecule has 0 saturated heterocycles. The summed E-state index contributed by atoms with van der Waals surface area (Å²) < 4.78 is 0. The molecule has 0 saturated carbocycles. The van der Waals surface area contributed by atoms with Gasteiger partial charge in [-0.1, -0.05) is 32.0 Å². The van der Waals surface area contributed by atoms with E-state index in [0.717, 1.165) is 18.9 Å². The van der Waals surface area contributed by atoms with Gasteiger partial charge in [-0.2, -0.15) is 15.0 Å². The minimum Gasteiger partial charge on any atom is -0.508 e. The molecular formula is C16H27N5O. The van der Waals surface area contributed by atoms with Crippen LogP contribution in [0.4, 0.5) is 11.9 Å². The molecule has 0 fully saturated rings. The summed E-state index contributed by atoms with van der Waals surface area (Å²) in [5.74, 6) is 2.31. The highest BCUT2D eigenvalue weighted by Gasteiger charge is 2.00. The van der Waals surface area contributed by atoms with Gasteiger partial charge in [0.2, 0.25) is 11.9 Å². The zero-order valence-electron chi connectivity index (χ0n) is 14.1. The first kappa shape index (κ1) is 19.6. The molecular weight excluding hydrogens is 278 g/mol. The van der Waals surface area contributed by atoms with Gasteiger partial charge in [0, 0.05) is 13.1 Å². The Morgan fingerprint density at radius 2 is 1.32 bits per heavy atom. The zero-order valence-corrected chi connectivity index (χ0v) is 14.1. The van der Waals surface area contributed by atoms with E-state index in [4.69, 9.17) is 5.11 Å². The van der Waals surface area contributed by atoms with Gasteiger partial charge in [-0.05, 0) is 32.9 Å². The van der Waals surface area contributed by atoms with E-state index >= 15 is 0 Å². The van der Waals surface area contributed by atoms with Gasteiger partial charge in [0.05, 0.1) is 0 Å². The van der Waals surface area contributed by atoms with Crippen molar-refractivity contribution in [1.82, 2.24) is 15.0 Å². The molecule has 0 radical (unpaired) electrons. The fourth-order valence-electron chi connectivity index (χ4n) is 1.38. The third-order valence-electron chi connectivity index (χ3n) is 2.17. The van der Waals surface area contributed by atoms with E-state index in [1.807, 2.05) is 40.7 Å². The van der Waals surface area contributed by atoms with Crippen molar-refractivity contribution in [3.05, 3.63) is 36.2 Å². The summed E-state index contributed by atoms with van der Waals surface area (Å²) in [6.07, 6.45) is 0. The van der Waals surface area contributed by atoms with Gasteiger partial charge in [0.25, 0.3) is 0 Å². The molecule has 2 rings (SSSR count). The van der Waals surface area contributed by atoms with Crippen LogP contribution in [-0.2, 0) is 0 Å². The Kier molecular flexibility index (Phi) is 11.0. The molecule has 0 spiro atoms. The molecule has 0 amide bonds. The summed E-state index contributed by atoms with van der Waals surface area (Å²) in [6.45, 7) is 11.5. The summed E-state index contributed by atoms with van der Waals surface area (Å²) in [5.41, 5.74) is 0. The lowest BCUT2D eigenvalue weighted by atomic mass is 10.3. The maximum Gasteiger partial charge on any atom is 0.227 e. The molecule has 6 nitrogen and oxygen atoms in total. The number of para-hydroxylation sites is 1. The highest BCUT2D eigenvalue weighted by molar-refractivity contribution is 5.33. The van der Waals surface area contributed by atoms with Gasteiger partial charge in [0.1, 0.15) is 11.6 Å². The van der Waals surface area contributed by atoms with Gasteiger partial charge in [-0.25, -0.2) is 0 Å². The van der Waals surface area contributed by atoms with E-state index in [0.29, 0.717) is 17.6 Å². The van der Waals surface area contributed by atoms with Crippen LogP contribution in [0, 0.1) is 6.92 Å². The highest BCUT2D eigenvalue weighted by Crippen LogP contribution is 2.04. The number of nitrogens with one attached hydrogen (secondary N) is 2. The molecule has 0 unspecified atom stereocenters. The smallest absolute Gasteiger partial charge is 0.227 e. The Morgan fingerprint density at radius 1 is 0.864 bits per heavy atom.